The monoisotopic (exact) mass is 292 g/mol. The van der Waals surface area contributed by atoms with Gasteiger partial charge in [0, 0.05) is 13.1 Å². The van der Waals surface area contributed by atoms with E-state index in [9.17, 15) is 14.7 Å². The molecule has 2 atom stereocenters. The number of aliphatic carboxylic acids is 1. The number of carbonyl (C=O) groups is 2. The first-order valence-electron chi connectivity index (χ1n) is 7.81. The van der Waals surface area contributed by atoms with Crippen molar-refractivity contribution < 1.29 is 14.7 Å². The summed E-state index contributed by atoms with van der Waals surface area (Å²) in [6.07, 6.45) is 11.2. The van der Waals surface area contributed by atoms with E-state index in [4.69, 9.17) is 6.42 Å². The summed E-state index contributed by atoms with van der Waals surface area (Å²) in [5, 5.41) is 12.1. The lowest BCUT2D eigenvalue weighted by Gasteiger charge is -2.29. The number of carboxylic acids is 1. The van der Waals surface area contributed by atoms with Gasteiger partial charge in [0.25, 0.3) is 0 Å². The molecule has 0 spiro atoms. The third-order valence-corrected chi connectivity index (χ3v) is 4.49. The molecule has 2 fully saturated rings. The number of carboxylic acid groups (broad SMARTS) is 1. The van der Waals surface area contributed by atoms with Crippen molar-refractivity contribution in [1.82, 2.24) is 10.2 Å². The average Bonchev–Trinajstić information content (AvgIpc) is 3.28. The maximum Gasteiger partial charge on any atom is 0.318 e. The molecule has 2 unspecified atom stereocenters. The number of carbonyl (C=O) groups excluding carboxylic acids is 1. The Morgan fingerprint density at radius 1 is 1.24 bits per heavy atom. The number of urea groups is 1. The number of rotatable bonds is 6. The number of nitrogens with zero attached hydrogens (tertiary/aromatic N) is 1. The molecule has 0 saturated heterocycles. The first kappa shape index (κ1) is 15.7. The molecule has 0 aromatic rings. The Bertz CT molecular complexity index is 426. The third kappa shape index (κ3) is 4.66. The fraction of sp³-hybridized carbons (Fsp3) is 0.750. The van der Waals surface area contributed by atoms with E-state index in [1.807, 2.05) is 0 Å². The minimum atomic E-state index is -0.743. The van der Waals surface area contributed by atoms with E-state index in [2.05, 4.69) is 11.2 Å². The summed E-state index contributed by atoms with van der Waals surface area (Å²) in [6.45, 7) is 1.46. The molecule has 0 bridgehead atoms. The van der Waals surface area contributed by atoms with Crippen LogP contribution in [0.1, 0.15) is 38.5 Å². The van der Waals surface area contributed by atoms with Gasteiger partial charge in [-0.25, -0.2) is 4.79 Å². The Hall–Kier alpha value is -1.70. The fourth-order valence-electron chi connectivity index (χ4n) is 3.05. The smallest absolute Gasteiger partial charge is 0.318 e. The van der Waals surface area contributed by atoms with Crippen molar-refractivity contribution in [1.29, 1.82) is 0 Å². The van der Waals surface area contributed by atoms with Gasteiger partial charge in [-0.15, -0.1) is 6.42 Å². The van der Waals surface area contributed by atoms with Gasteiger partial charge in [-0.2, -0.15) is 0 Å². The Kier molecular flexibility index (Phi) is 5.49. The van der Waals surface area contributed by atoms with Crippen molar-refractivity contribution >= 4 is 12.0 Å². The van der Waals surface area contributed by atoms with Crippen LogP contribution in [-0.2, 0) is 4.79 Å². The lowest BCUT2D eigenvalue weighted by atomic mass is 9.79. The summed E-state index contributed by atoms with van der Waals surface area (Å²) < 4.78 is 0. The van der Waals surface area contributed by atoms with E-state index in [-0.39, 0.29) is 17.9 Å². The highest BCUT2D eigenvalue weighted by molar-refractivity contribution is 5.75. The van der Waals surface area contributed by atoms with Crippen LogP contribution in [0, 0.1) is 30.1 Å². The zero-order chi connectivity index (χ0) is 15.2. The molecule has 0 aliphatic heterocycles. The van der Waals surface area contributed by atoms with Crippen LogP contribution in [0.5, 0.6) is 0 Å². The second-order valence-electron chi connectivity index (χ2n) is 6.20. The van der Waals surface area contributed by atoms with Crippen molar-refractivity contribution in [3.63, 3.8) is 0 Å². The molecule has 0 aromatic heterocycles. The molecule has 2 amide bonds. The van der Waals surface area contributed by atoms with Crippen molar-refractivity contribution in [3.05, 3.63) is 0 Å². The van der Waals surface area contributed by atoms with Gasteiger partial charge in [0.1, 0.15) is 0 Å². The quantitative estimate of drug-likeness (QED) is 0.735. The lowest BCUT2D eigenvalue weighted by molar-refractivity contribution is -0.144. The molecule has 2 aliphatic rings. The van der Waals surface area contributed by atoms with Crippen LogP contribution in [0.3, 0.4) is 0 Å². The fourth-order valence-corrected chi connectivity index (χ4v) is 3.05. The number of hydrogen-bond acceptors (Lipinski definition) is 2. The standard InChI is InChI=1S/C16H24N2O3/c1-2-9-18(11-12-7-8-12)16(21)17-10-13-5-3-4-6-14(13)15(19)20/h1,12-14H,3-11H2,(H,17,21)(H,19,20). The van der Waals surface area contributed by atoms with E-state index in [1.165, 1.54) is 0 Å². The zero-order valence-corrected chi connectivity index (χ0v) is 12.4. The topological polar surface area (TPSA) is 69.6 Å². The van der Waals surface area contributed by atoms with Crippen LogP contribution in [-0.4, -0.2) is 41.6 Å². The number of amides is 2. The minimum Gasteiger partial charge on any atom is -0.481 e. The summed E-state index contributed by atoms with van der Waals surface area (Å²) in [7, 11) is 0. The van der Waals surface area contributed by atoms with Gasteiger partial charge in [-0.3, -0.25) is 4.79 Å². The van der Waals surface area contributed by atoms with Gasteiger partial charge in [0.05, 0.1) is 12.5 Å². The second kappa shape index (κ2) is 7.35. The summed E-state index contributed by atoms with van der Waals surface area (Å²) in [5.74, 6) is 2.07. The Morgan fingerprint density at radius 2 is 1.95 bits per heavy atom. The molecule has 2 aliphatic carbocycles. The SMILES string of the molecule is C#CCN(CC1CC1)C(=O)NCC1CCCCC1C(=O)O. The minimum absolute atomic E-state index is 0.0359. The normalized spacial score (nSPS) is 24.9. The van der Waals surface area contributed by atoms with E-state index >= 15 is 0 Å². The Morgan fingerprint density at radius 3 is 2.57 bits per heavy atom. The van der Waals surface area contributed by atoms with Gasteiger partial charge in [0.2, 0.25) is 0 Å². The van der Waals surface area contributed by atoms with Crippen LogP contribution in [0.2, 0.25) is 0 Å². The van der Waals surface area contributed by atoms with Gasteiger partial charge in [-0.1, -0.05) is 18.8 Å². The molecule has 0 radical (unpaired) electrons. The van der Waals surface area contributed by atoms with Crippen LogP contribution < -0.4 is 5.32 Å². The van der Waals surface area contributed by atoms with Crippen LogP contribution >= 0.6 is 0 Å². The second-order valence-corrected chi connectivity index (χ2v) is 6.20. The molecular formula is C16H24N2O3. The average molecular weight is 292 g/mol. The van der Waals surface area contributed by atoms with E-state index < -0.39 is 5.97 Å². The molecular weight excluding hydrogens is 268 g/mol. The molecule has 5 heteroatoms. The summed E-state index contributed by atoms with van der Waals surface area (Å²) >= 11 is 0. The predicted octanol–water partition coefficient (Wildman–Crippen LogP) is 1.93. The van der Waals surface area contributed by atoms with Crippen molar-refractivity contribution in [2.45, 2.75) is 38.5 Å². The van der Waals surface area contributed by atoms with E-state index in [0.29, 0.717) is 32.0 Å². The number of hydrogen-bond donors (Lipinski definition) is 2. The van der Waals surface area contributed by atoms with Gasteiger partial charge in [-0.05, 0) is 37.5 Å². The lowest BCUT2D eigenvalue weighted by Crippen LogP contribution is -2.45. The molecule has 5 nitrogen and oxygen atoms in total. The molecule has 0 heterocycles. The predicted molar refractivity (Wildman–Crippen MR) is 79.6 cm³/mol. The van der Waals surface area contributed by atoms with Crippen LogP contribution in [0.15, 0.2) is 0 Å². The van der Waals surface area contributed by atoms with Crippen molar-refractivity contribution in [2.24, 2.45) is 17.8 Å². The van der Waals surface area contributed by atoms with Crippen molar-refractivity contribution in [3.8, 4) is 12.3 Å². The highest BCUT2D eigenvalue weighted by Crippen LogP contribution is 2.31. The number of terminal acetylenes is 1. The van der Waals surface area contributed by atoms with Crippen molar-refractivity contribution in [2.75, 3.05) is 19.6 Å². The zero-order valence-electron chi connectivity index (χ0n) is 12.4. The maximum absolute atomic E-state index is 12.2. The highest BCUT2D eigenvalue weighted by Gasteiger charge is 2.32. The molecule has 2 rings (SSSR count). The maximum atomic E-state index is 12.2. The first-order valence-corrected chi connectivity index (χ1v) is 7.81. The van der Waals surface area contributed by atoms with E-state index in [1.54, 1.807) is 4.90 Å². The summed E-state index contributed by atoms with van der Waals surface area (Å²) in [5.41, 5.74) is 0. The Balaban J connectivity index is 1.82. The highest BCUT2D eigenvalue weighted by atomic mass is 16.4. The molecule has 21 heavy (non-hydrogen) atoms. The summed E-state index contributed by atoms with van der Waals surface area (Å²) in [6, 6.07) is -0.158. The van der Waals surface area contributed by atoms with Gasteiger partial charge < -0.3 is 15.3 Å². The molecule has 0 aromatic carbocycles. The third-order valence-electron chi connectivity index (χ3n) is 4.49. The van der Waals surface area contributed by atoms with Gasteiger partial charge >= 0.3 is 12.0 Å². The van der Waals surface area contributed by atoms with Crippen LogP contribution in [0.25, 0.3) is 0 Å². The number of nitrogens with one attached hydrogen (secondary N) is 1. The largest absolute Gasteiger partial charge is 0.481 e. The Labute approximate surface area is 126 Å². The molecule has 116 valence electrons. The van der Waals surface area contributed by atoms with E-state index in [0.717, 1.165) is 32.1 Å². The molecule has 2 N–H and O–H groups in total. The first-order chi connectivity index (χ1) is 10.1. The molecule has 2 saturated carbocycles. The van der Waals surface area contributed by atoms with Gasteiger partial charge in [0.15, 0.2) is 0 Å². The summed E-state index contributed by atoms with van der Waals surface area (Å²) in [4.78, 5) is 25.1. The van der Waals surface area contributed by atoms with Crippen LogP contribution in [0.4, 0.5) is 4.79 Å².